The molecule has 118 valence electrons. The molecule has 2 aromatic carbocycles. The molecule has 0 amide bonds. The first-order valence-electron chi connectivity index (χ1n) is 7.96. The van der Waals surface area contributed by atoms with E-state index < -0.39 is 0 Å². The molecule has 0 aliphatic rings. The van der Waals surface area contributed by atoms with Gasteiger partial charge >= 0.3 is 0 Å². The first-order valence-corrected chi connectivity index (χ1v) is 7.96. The van der Waals surface area contributed by atoms with Gasteiger partial charge in [0.15, 0.2) is 0 Å². The molecule has 2 aromatic rings. The van der Waals surface area contributed by atoms with Gasteiger partial charge in [-0.15, -0.1) is 0 Å². The quantitative estimate of drug-likeness (QED) is 0.735. The summed E-state index contributed by atoms with van der Waals surface area (Å²) in [7, 11) is 1.93. The largest absolute Gasteiger partial charge is 0.366 e. The Bertz CT molecular complexity index is 518. The second-order valence-electron chi connectivity index (χ2n) is 5.12. The first-order chi connectivity index (χ1) is 10.7. The Morgan fingerprint density at radius 3 is 1.86 bits per heavy atom. The zero-order valence-corrected chi connectivity index (χ0v) is 14.0. The van der Waals surface area contributed by atoms with Gasteiger partial charge in [-0.25, -0.2) is 0 Å². The lowest BCUT2D eigenvalue weighted by Crippen LogP contribution is -2.30. The van der Waals surface area contributed by atoms with Crippen LogP contribution in [0.15, 0.2) is 67.2 Å². The van der Waals surface area contributed by atoms with Crippen molar-refractivity contribution in [3.8, 4) is 0 Å². The van der Waals surface area contributed by atoms with Crippen LogP contribution < -0.4 is 10.6 Å². The Morgan fingerprint density at radius 2 is 1.41 bits per heavy atom. The van der Waals surface area contributed by atoms with E-state index in [1.807, 2.05) is 55.6 Å². The van der Waals surface area contributed by atoms with Crippen LogP contribution in [0.25, 0.3) is 5.70 Å². The van der Waals surface area contributed by atoms with Crippen LogP contribution in [0.1, 0.15) is 44.0 Å². The summed E-state index contributed by atoms with van der Waals surface area (Å²) in [6.07, 6.45) is 2.71. The maximum atomic E-state index is 4.09. The van der Waals surface area contributed by atoms with Gasteiger partial charge in [0.05, 0.1) is 0 Å². The minimum Gasteiger partial charge on any atom is -0.366 e. The Morgan fingerprint density at radius 1 is 0.909 bits per heavy atom. The van der Waals surface area contributed by atoms with E-state index in [1.165, 1.54) is 18.4 Å². The van der Waals surface area contributed by atoms with Gasteiger partial charge in [0.2, 0.25) is 0 Å². The summed E-state index contributed by atoms with van der Waals surface area (Å²) in [5, 5.41) is 6.64. The van der Waals surface area contributed by atoms with Crippen LogP contribution in [0.5, 0.6) is 0 Å². The molecule has 0 aliphatic carbocycles. The molecule has 2 N–H and O–H groups in total. The Balaban J connectivity index is 0.000000541. The fourth-order valence-electron chi connectivity index (χ4n) is 1.86. The van der Waals surface area contributed by atoms with Gasteiger partial charge < -0.3 is 5.32 Å². The summed E-state index contributed by atoms with van der Waals surface area (Å²) in [5.74, 6) is 0. The molecule has 0 spiro atoms. The fourth-order valence-corrected chi connectivity index (χ4v) is 1.86. The van der Waals surface area contributed by atoms with E-state index in [0.717, 1.165) is 11.3 Å². The van der Waals surface area contributed by atoms with E-state index in [9.17, 15) is 0 Å². The standard InChI is InChI=1S/C16H18N2.C4H10/c1-13(14-9-5-3-6-10-14)18-16(17-2)15-11-7-4-8-12-15;1-3-4-2/h3-12,16-18H,1H2,2H3;3-4H2,1-2H3. The molecule has 0 radical (unpaired) electrons. The van der Waals surface area contributed by atoms with Gasteiger partial charge in [0.1, 0.15) is 6.17 Å². The van der Waals surface area contributed by atoms with Crippen molar-refractivity contribution < 1.29 is 0 Å². The van der Waals surface area contributed by atoms with Crippen molar-refractivity contribution in [3.63, 3.8) is 0 Å². The molecule has 0 bridgehead atoms. The summed E-state index contributed by atoms with van der Waals surface area (Å²) in [6, 6.07) is 20.4. The second kappa shape index (κ2) is 10.6. The molecule has 0 fully saturated rings. The molecule has 0 saturated heterocycles. The van der Waals surface area contributed by atoms with E-state index in [0.29, 0.717) is 0 Å². The highest BCUT2D eigenvalue weighted by Crippen LogP contribution is 2.15. The lowest BCUT2D eigenvalue weighted by molar-refractivity contribution is 0.551. The van der Waals surface area contributed by atoms with Gasteiger partial charge in [-0.05, 0) is 18.2 Å². The SMILES string of the molecule is C=C(NC(NC)c1ccccc1)c1ccccc1.CCCC. The van der Waals surface area contributed by atoms with Crippen molar-refractivity contribution in [2.45, 2.75) is 32.9 Å². The molecular formula is C20H28N2. The molecule has 1 unspecified atom stereocenters. The predicted octanol–water partition coefficient (Wildman–Crippen LogP) is 4.97. The number of rotatable bonds is 6. The van der Waals surface area contributed by atoms with E-state index in [-0.39, 0.29) is 6.17 Å². The number of nitrogens with one attached hydrogen (secondary N) is 2. The molecule has 1 atom stereocenters. The zero-order valence-electron chi connectivity index (χ0n) is 14.0. The van der Waals surface area contributed by atoms with Crippen molar-refractivity contribution in [2.75, 3.05) is 7.05 Å². The number of benzene rings is 2. The monoisotopic (exact) mass is 296 g/mol. The van der Waals surface area contributed by atoms with Crippen LogP contribution in [-0.2, 0) is 0 Å². The summed E-state index contributed by atoms with van der Waals surface area (Å²) in [6.45, 7) is 8.45. The highest BCUT2D eigenvalue weighted by Gasteiger charge is 2.09. The Kier molecular flexibility index (Phi) is 8.70. The van der Waals surface area contributed by atoms with E-state index in [4.69, 9.17) is 0 Å². The van der Waals surface area contributed by atoms with Crippen molar-refractivity contribution in [1.82, 2.24) is 10.6 Å². The van der Waals surface area contributed by atoms with Gasteiger partial charge in [-0.1, -0.05) is 93.9 Å². The normalized spacial score (nSPS) is 11.0. The minimum absolute atomic E-state index is 0.0684. The number of hydrogen-bond acceptors (Lipinski definition) is 2. The summed E-state index contributed by atoms with van der Waals surface area (Å²) < 4.78 is 0. The molecule has 2 heteroatoms. The minimum atomic E-state index is 0.0684. The van der Waals surface area contributed by atoms with Gasteiger partial charge in [-0.2, -0.15) is 0 Å². The maximum absolute atomic E-state index is 4.09. The molecular weight excluding hydrogens is 268 g/mol. The van der Waals surface area contributed by atoms with Gasteiger partial charge in [0.25, 0.3) is 0 Å². The highest BCUT2D eigenvalue weighted by molar-refractivity contribution is 5.61. The van der Waals surface area contributed by atoms with E-state index in [1.54, 1.807) is 0 Å². The van der Waals surface area contributed by atoms with Crippen LogP contribution >= 0.6 is 0 Å². The highest BCUT2D eigenvalue weighted by atomic mass is 15.1. The van der Waals surface area contributed by atoms with Crippen LogP contribution in [0.2, 0.25) is 0 Å². The van der Waals surface area contributed by atoms with Crippen LogP contribution in [-0.4, -0.2) is 7.05 Å². The second-order valence-corrected chi connectivity index (χ2v) is 5.12. The molecule has 0 heterocycles. The van der Waals surface area contributed by atoms with Crippen LogP contribution in [0, 0.1) is 0 Å². The third-order valence-corrected chi connectivity index (χ3v) is 3.36. The molecule has 0 saturated carbocycles. The molecule has 2 rings (SSSR count). The smallest absolute Gasteiger partial charge is 0.103 e. The van der Waals surface area contributed by atoms with Crippen molar-refractivity contribution >= 4 is 5.70 Å². The lowest BCUT2D eigenvalue weighted by Gasteiger charge is -2.21. The van der Waals surface area contributed by atoms with Crippen molar-refractivity contribution in [3.05, 3.63) is 78.4 Å². The molecule has 0 aromatic heterocycles. The predicted molar refractivity (Wildman–Crippen MR) is 97.4 cm³/mol. The fraction of sp³-hybridized carbons (Fsp3) is 0.300. The maximum Gasteiger partial charge on any atom is 0.103 e. The molecule has 2 nitrogen and oxygen atoms in total. The van der Waals surface area contributed by atoms with Crippen molar-refractivity contribution in [2.24, 2.45) is 0 Å². The molecule has 0 aliphatic heterocycles. The van der Waals surface area contributed by atoms with Gasteiger partial charge in [-0.3, -0.25) is 5.32 Å². The van der Waals surface area contributed by atoms with E-state index in [2.05, 4.69) is 43.2 Å². The Labute approximate surface area is 135 Å². The first kappa shape index (κ1) is 18.0. The number of hydrogen-bond donors (Lipinski definition) is 2. The average molecular weight is 296 g/mol. The number of unbranched alkanes of at least 4 members (excludes halogenated alkanes) is 1. The zero-order chi connectivity index (χ0) is 16.2. The third kappa shape index (κ3) is 6.15. The van der Waals surface area contributed by atoms with Crippen molar-refractivity contribution in [1.29, 1.82) is 0 Å². The Hall–Kier alpha value is -2.06. The summed E-state index contributed by atoms with van der Waals surface area (Å²) in [4.78, 5) is 0. The lowest BCUT2D eigenvalue weighted by atomic mass is 10.1. The third-order valence-electron chi connectivity index (χ3n) is 3.36. The van der Waals surface area contributed by atoms with Crippen LogP contribution in [0.3, 0.4) is 0 Å². The average Bonchev–Trinajstić information content (AvgIpc) is 2.61. The summed E-state index contributed by atoms with van der Waals surface area (Å²) >= 11 is 0. The van der Waals surface area contributed by atoms with E-state index >= 15 is 0 Å². The van der Waals surface area contributed by atoms with Gasteiger partial charge in [0, 0.05) is 5.70 Å². The summed E-state index contributed by atoms with van der Waals surface area (Å²) in [5.41, 5.74) is 3.21. The topological polar surface area (TPSA) is 24.1 Å². The van der Waals surface area contributed by atoms with Crippen LogP contribution in [0.4, 0.5) is 0 Å². The molecule has 22 heavy (non-hydrogen) atoms.